The molecule has 9 nitrogen and oxygen atoms in total. The summed E-state index contributed by atoms with van der Waals surface area (Å²) in [6, 6.07) is 4.66. The summed E-state index contributed by atoms with van der Waals surface area (Å²) in [5.74, 6) is -0.818. The number of nitrogens with zero attached hydrogens (tertiary/aromatic N) is 4. The number of hydrazine groups is 1. The molecule has 10 heteroatoms. The maximum Gasteiger partial charge on any atom is 0.334 e. The summed E-state index contributed by atoms with van der Waals surface area (Å²) in [7, 11) is 1.67. The number of allylic oxidation sites excluding steroid dienone is 1. The number of hydrogen-bond acceptors (Lipinski definition) is 5. The molecule has 1 aliphatic carbocycles. The van der Waals surface area contributed by atoms with Crippen molar-refractivity contribution >= 4 is 23.6 Å². The number of halogens is 1. The lowest BCUT2D eigenvalue weighted by atomic mass is 9.96. The summed E-state index contributed by atoms with van der Waals surface area (Å²) in [6.07, 6.45) is 7.17. The van der Waals surface area contributed by atoms with E-state index >= 15 is 0 Å². The van der Waals surface area contributed by atoms with Crippen LogP contribution in [0.1, 0.15) is 57.4 Å². The van der Waals surface area contributed by atoms with Crippen LogP contribution in [0.25, 0.3) is 0 Å². The Hall–Kier alpha value is -3.27. The van der Waals surface area contributed by atoms with E-state index in [9.17, 15) is 23.6 Å². The fourth-order valence-corrected chi connectivity index (χ4v) is 5.39. The highest BCUT2D eigenvalue weighted by Gasteiger charge is 2.50. The number of urea groups is 1. The van der Waals surface area contributed by atoms with E-state index in [2.05, 4.69) is 11.4 Å². The molecule has 0 bridgehead atoms. The zero-order valence-corrected chi connectivity index (χ0v) is 21.6. The Morgan fingerprint density at radius 3 is 2.57 bits per heavy atom. The predicted molar refractivity (Wildman–Crippen MR) is 135 cm³/mol. The molecule has 4 amide bonds. The number of nitrogens with one attached hydrogen (secondary N) is 1. The van der Waals surface area contributed by atoms with E-state index in [0.717, 1.165) is 31.2 Å². The van der Waals surface area contributed by atoms with Gasteiger partial charge in [0.25, 0.3) is 0 Å². The first-order valence-electron chi connectivity index (χ1n) is 13.0. The zero-order chi connectivity index (χ0) is 26.5. The van der Waals surface area contributed by atoms with Gasteiger partial charge >= 0.3 is 6.03 Å². The van der Waals surface area contributed by atoms with Gasteiger partial charge in [-0.2, -0.15) is 0 Å². The number of ketones is 1. The molecule has 0 spiro atoms. The molecular formula is C27H36FN5O4. The topological polar surface area (TPSA) is 93.3 Å². The van der Waals surface area contributed by atoms with E-state index in [0.29, 0.717) is 6.54 Å². The van der Waals surface area contributed by atoms with Gasteiger partial charge in [-0.1, -0.05) is 23.8 Å². The van der Waals surface area contributed by atoms with E-state index < -0.39 is 18.2 Å². The lowest BCUT2D eigenvalue weighted by molar-refractivity contribution is -0.187. The number of Topliss-reactive ketones (excluding diaryl/α,β-unsaturated/α-hetero) is 1. The Bertz CT molecular complexity index is 1060. The van der Waals surface area contributed by atoms with E-state index in [4.69, 9.17) is 0 Å². The Kier molecular flexibility index (Phi) is 8.58. The van der Waals surface area contributed by atoms with Gasteiger partial charge in [0.15, 0.2) is 0 Å². The molecule has 2 saturated heterocycles. The minimum Gasteiger partial charge on any atom is -0.337 e. The maximum atomic E-state index is 13.5. The minimum absolute atomic E-state index is 0.0516. The van der Waals surface area contributed by atoms with Crippen molar-refractivity contribution in [1.82, 2.24) is 25.1 Å². The fourth-order valence-electron chi connectivity index (χ4n) is 5.39. The molecule has 0 aromatic heterocycles. The van der Waals surface area contributed by atoms with Crippen LogP contribution in [0.2, 0.25) is 0 Å². The summed E-state index contributed by atoms with van der Waals surface area (Å²) >= 11 is 0. The van der Waals surface area contributed by atoms with Gasteiger partial charge in [-0.05, 0) is 63.1 Å². The second kappa shape index (κ2) is 11.9. The molecule has 3 aliphatic rings. The molecule has 37 heavy (non-hydrogen) atoms. The number of rotatable bonds is 8. The summed E-state index contributed by atoms with van der Waals surface area (Å²) < 4.78 is 13.3. The number of fused-ring (bicyclic) bond motifs is 1. The first-order chi connectivity index (χ1) is 17.7. The first-order valence-corrected chi connectivity index (χ1v) is 13.0. The van der Waals surface area contributed by atoms with Crippen LogP contribution in [-0.4, -0.2) is 82.3 Å². The van der Waals surface area contributed by atoms with Gasteiger partial charge in [-0.3, -0.25) is 9.59 Å². The average molecular weight is 514 g/mol. The lowest BCUT2D eigenvalue weighted by Crippen LogP contribution is -2.76. The number of carbonyl (C=O) groups excluding carboxylic acids is 4. The highest BCUT2D eigenvalue weighted by Crippen LogP contribution is 2.29. The molecule has 0 saturated carbocycles. The number of piperazine rings is 1. The standard InChI is InChI=1S/C27H36FN5O4/c1-19(34)8-13-23-26(36)31(15-14-20-6-4-3-5-7-20)17-24-32(23)25(35)18-30(2)33(24)27(37)29-16-21-9-11-22(28)12-10-21/h6,9-12,23-24H,3-5,7-8,13-18H2,1-2H3,(H,29,37)/t23-,24-/m0/s1. The van der Waals surface area contributed by atoms with Crippen molar-refractivity contribution in [2.45, 2.75) is 70.6 Å². The van der Waals surface area contributed by atoms with Crippen molar-refractivity contribution in [2.75, 3.05) is 26.7 Å². The molecule has 2 atom stereocenters. The lowest BCUT2D eigenvalue weighted by Gasteiger charge is -2.54. The second-order valence-corrected chi connectivity index (χ2v) is 10.1. The van der Waals surface area contributed by atoms with Crippen LogP contribution in [0.5, 0.6) is 0 Å². The molecule has 200 valence electrons. The van der Waals surface area contributed by atoms with Gasteiger partial charge in [-0.25, -0.2) is 19.2 Å². The Labute approximate surface area is 217 Å². The van der Waals surface area contributed by atoms with Crippen LogP contribution in [0.3, 0.4) is 0 Å². The first kappa shape index (κ1) is 26.8. The van der Waals surface area contributed by atoms with Crippen molar-refractivity contribution in [3.8, 4) is 0 Å². The highest BCUT2D eigenvalue weighted by atomic mass is 19.1. The van der Waals surface area contributed by atoms with Crippen molar-refractivity contribution in [1.29, 1.82) is 0 Å². The van der Waals surface area contributed by atoms with Gasteiger partial charge in [0.1, 0.15) is 23.8 Å². The van der Waals surface area contributed by atoms with Gasteiger partial charge in [-0.15, -0.1) is 0 Å². The SMILES string of the molecule is CC(=O)CC[C@H]1C(=O)N(CCC2=CCCCC2)C[C@H]2N1C(=O)CN(C)N2C(=O)NCc1ccc(F)cc1. The Morgan fingerprint density at radius 2 is 1.89 bits per heavy atom. The van der Waals surface area contributed by atoms with Crippen LogP contribution in [0, 0.1) is 5.82 Å². The van der Waals surface area contributed by atoms with Gasteiger partial charge in [0, 0.05) is 26.6 Å². The highest BCUT2D eigenvalue weighted by molar-refractivity contribution is 5.92. The molecule has 1 N–H and O–H groups in total. The molecular weight excluding hydrogens is 477 g/mol. The monoisotopic (exact) mass is 513 g/mol. The second-order valence-electron chi connectivity index (χ2n) is 10.1. The molecule has 4 rings (SSSR count). The molecule has 2 aliphatic heterocycles. The van der Waals surface area contributed by atoms with Crippen LogP contribution in [0.4, 0.5) is 9.18 Å². The van der Waals surface area contributed by atoms with Crippen molar-refractivity contribution < 1.29 is 23.6 Å². The third kappa shape index (κ3) is 6.36. The number of benzene rings is 1. The quantitative estimate of drug-likeness (QED) is 0.540. The molecule has 1 aromatic carbocycles. The average Bonchev–Trinajstić information content (AvgIpc) is 2.87. The third-order valence-electron chi connectivity index (χ3n) is 7.36. The van der Waals surface area contributed by atoms with Crippen molar-refractivity contribution in [3.63, 3.8) is 0 Å². The summed E-state index contributed by atoms with van der Waals surface area (Å²) in [5.41, 5.74) is 2.08. The Morgan fingerprint density at radius 1 is 1.14 bits per heavy atom. The smallest absolute Gasteiger partial charge is 0.334 e. The van der Waals surface area contributed by atoms with Gasteiger partial charge < -0.3 is 19.9 Å². The molecule has 1 aromatic rings. The molecule has 2 fully saturated rings. The summed E-state index contributed by atoms with van der Waals surface area (Å²) in [5, 5.41) is 5.92. The van der Waals surface area contributed by atoms with E-state index in [-0.39, 0.29) is 55.9 Å². The van der Waals surface area contributed by atoms with Gasteiger partial charge in [0.05, 0.1) is 13.1 Å². The van der Waals surface area contributed by atoms with Crippen molar-refractivity contribution in [2.24, 2.45) is 0 Å². The third-order valence-corrected chi connectivity index (χ3v) is 7.36. The van der Waals surface area contributed by atoms with E-state index in [1.165, 1.54) is 41.0 Å². The summed E-state index contributed by atoms with van der Waals surface area (Å²) in [6.45, 7) is 2.31. The van der Waals surface area contributed by atoms with Gasteiger partial charge in [0.2, 0.25) is 11.8 Å². The largest absolute Gasteiger partial charge is 0.337 e. The normalized spacial score (nSPS) is 22.6. The van der Waals surface area contributed by atoms with Crippen LogP contribution in [-0.2, 0) is 20.9 Å². The fraction of sp³-hybridized carbons (Fsp3) is 0.556. The maximum absolute atomic E-state index is 13.5. The van der Waals surface area contributed by atoms with E-state index in [1.807, 2.05) is 0 Å². The molecule has 2 heterocycles. The molecule has 0 unspecified atom stereocenters. The van der Waals surface area contributed by atoms with Crippen LogP contribution in [0.15, 0.2) is 35.9 Å². The number of carbonyl (C=O) groups is 4. The molecule has 0 radical (unpaired) electrons. The van der Waals surface area contributed by atoms with Crippen LogP contribution >= 0.6 is 0 Å². The van der Waals surface area contributed by atoms with Crippen LogP contribution < -0.4 is 5.32 Å². The van der Waals surface area contributed by atoms with E-state index in [1.54, 1.807) is 29.1 Å². The van der Waals surface area contributed by atoms with Crippen molar-refractivity contribution in [3.05, 3.63) is 47.3 Å². The number of likely N-dealkylation sites (N-methyl/N-ethyl adjacent to an activating group) is 1. The Balaban J connectivity index is 1.54. The summed E-state index contributed by atoms with van der Waals surface area (Å²) in [4.78, 5) is 55.1. The number of hydrogen-bond donors (Lipinski definition) is 1. The zero-order valence-electron chi connectivity index (χ0n) is 21.6. The number of amides is 4. The minimum atomic E-state index is -0.795. The predicted octanol–water partition coefficient (Wildman–Crippen LogP) is 2.82.